The van der Waals surface area contributed by atoms with Gasteiger partial charge in [-0.3, -0.25) is 9.36 Å². The van der Waals surface area contributed by atoms with E-state index in [0.717, 1.165) is 25.7 Å². The number of aliphatic hydroxyl groups excluding tert-OH is 1. The van der Waals surface area contributed by atoms with Crippen LogP contribution in [0.5, 0.6) is 0 Å². The molecule has 1 unspecified atom stereocenters. The maximum absolute atomic E-state index is 12.1. The van der Waals surface area contributed by atoms with Crippen molar-refractivity contribution in [1.29, 1.82) is 0 Å². The zero-order valence-corrected chi connectivity index (χ0v) is 18.9. The number of nitrogens with one attached hydrogen (secondary N) is 1. The van der Waals surface area contributed by atoms with Crippen LogP contribution < -0.4 is 11.1 Å². The lowest BCUT2D eigenvalue weighted by Gasteiger charge is -2.31. The molecule has 2 aromatic rings. The maximum atomic E-state index is 12.1. The second-order valence-corrected chi connectivity index (χ2v) is 8.55. The van der Waals surface area contributed by atoms with Gasteiger partial charge in [-0.1, -0.05) is 0 Å². The Labute approximate surface area is 191 Å². The number of imidazole rings is 1. The van der Waals surface area contributed by atoms with Gasteiger partial charge in [-0.2, -0.15) is 0 Å². The van der Waals surface area contributed by atoms with E-state index in [-0.39, 0.29) is 18.0 Å². The first-order chi connectivity index (χ1) is 15.9. The molecule has 4 rings (SSSR count). The minimum absolute atomic E-state index is 0.108. The summed E-state index contributed by atoms with van der Waals surface area (Å²) in [5.41, 5.74) is 7.03. The van der Waals surface area contributed by atoms with E-state index in [2.05, 4.69) is 20.3 Å². The Kier molecular flexibility index (Phi) is 6.94. The van der Waals surface area contributed by atoms with Crippen LogP contribution in [0, 0.1) is 5.92 Å². The first-order valence-electron chi connectivity index (χ1n) is 11.4. The number of piperidine rings is 1. The minimum Gasteiger partial charge on any atom is -0.446 e. The van der Waals surface area contributed by atoms with E-state index in [9.17, 15) is 14.7 Å². The summed E-state index contributed by atoms with van der Waals surface area (Å²) in [5.74, 6) is 0.542. The van der Waals surface area contributed by atoms with Crippen molar-refractivity contribution >= 4 is 29.0 Å². The summed E-state index contributed by atoms with van der Waals surface area (Å²) in [4.78, 5) is 39.0. The van der Waals surface area contributed by atoms with Gasteiger partial charge in [-0.25, -0.2) is 19.7 Å². The first-order valence-corrected chi connectivity index (χ1v) is 11.4. The van der Waals surface area contributed by atoms with Crippen LogP contribution in [0.25, 0.3) is 11.2 Å². The number of ether oxygens (including phenoxy) is 2. The molecule has 0 aromatic carbocycles. The molecule has 0 radical (unpaired) electrons. The summed E-state index contributed by atoms with van der Waals surface area (Å²) in [6, 6.07) is 0. The van der Waals surface area contributed by atoms with Crippen molar-refractivity contribution in [2.45, 2.75) is 64.6 Å². The number of nitrogens with zero attached hydrogens (tertiary/aromatic N) is 5. The minimum atomic E-state index is -1.62. The van der Waals surface area contributed by atoms with Gasteiger partial charge >= 0.3 is 6.09 Å². The lowest BCUT2D eigenvalue weighted by Crippen LogP contribution is -2.39. The molecule has 12 heteroatoms. The van der Waals surface area contributed by atoms with Crippen molar-refractivity contribution in [3.8, 4) is 0 Å². The number of nitrogen functional groups attached to an aromatic ring is 1. The predicted octanol–water partition coefficient (Wildman–Crippen LogP) is 0.952. The van der Waals surface area contributed by atoms with Gasteiger partial charge in [0.05, 0.1) is 6.33 Å². The molecule has 1 saturated carbocycles. The van der Waals surface area contributed by atoms with Crippen molar-refractivity contribution in [3.63, 3.8) is 0 Å². The highest BCUT2D eigenvalue weighted by molar-refractivity contribution is 5.81. The van der Waals surface area contributed by atoms with Crippen molar-refractivity contribution < 1.29 is 24.2 Å². The first kappa shape index (κ1) is 23.2. The average molecular weight is 462 g/mol. The second-order valence-electron chi connectivity index (χ2n) is 8.55. The van der Waals surface area contributed by atoms with Gasteiger partial charge in [0.25, 0.3) is 5.91 Å². The van der Waals surface area contributed by atoms with Crippen LogP contribution in [-0.2, 0) is 20.7 Å². The number of likely N-dealkylation sites (N-methyl/N-ethyl adjacent to an activating group) is 1. The van der Waals surface area contributed by atoms with E-state index in [1.54, 1.807) is 23.3 Å². The third kappa shape index (κ3) is 5.50. The summed E-state index contributed by atoms with van der Waals surface area (Å²) < 4.78 is 12.4. The smallest absolute Gasteiger partial charge is 0.410 e. The van der Waals surface area contributed by atoms with Crippen LogP contribution in [0.1, 0.15) is 51.6 Å². The summed E-state index contributed by atoms with van der Waals surface area (Å²) in [6.07, 6.45) is 3.28. The number of rotatable bonds is 8. The Bertz CT molecular complexity index is 1000. The highest BCUT2D eigenvalue weighted by Gasteiger charge is 2.31. The fourth-order valence-corrected chi connectivity index (χ4v) is 3.90. The van der Waals surface area contributed by atoms with Gasteiger partial charge in [-0.05, 0) is 45.4 Å². The SMILES string of the molecule is CCNC(=O)C(O)O[C@H](C)n1cnc2c(N)nc(CC3CCN(C(=O)OC4CC4)CC3)nc21. The van der Waals surface area contributed by atoms with Crippen LogP contribution in [0.15, 0.2) is 6.33 Å². The molecule has 3 heterocycles. The number of hydrogen-bond donors (Lipinski definition) is 3. The molecule has 12 nitrogen and oxygen atoms in total. The van der Waals surface area contributed by atoms with E-state index in [0.29, 0.717) is 49.0 Å². The highest BCUT2D eigenvalue weighted by atomic mass is 16.6. The molecule has 0 spiro atoms. The molecule has 0 bridgehead atoms. The molecule has 2 fully saturated rings. The number of nitrogens with two attached hydrogens (primary N) is 1. The number of fused-ring (bicyclic) bond motifs is 1. The number of hydrogen-bond acceptors (Lipinski definition) is 9. The Hall–Kier alpha value is -2.99. The molecule has 1 aliphatic heterocycles. The summed E-state index contributed by atoms with van der Waals surface area (Å²) in [7, 11) is 0. The quantitative estimate of drug-likeness (QED) is 0.487. The van der Waals surface area contributed by atoms with Crippen LogP contribution in [0.2, 0.25) is 0 Å². The molecule has 2 amide bonds. The largest absolute Gasteiger partial charge is 0.446 e. The van der Waals surface area contributed by atoms with Gasteiger partial charge < -0.3 is 30.5 Å². The molecular formula is C21H31N7O5. The number of aliphatic hydroxyl groups is 1. The van der Waals surface area contributed by atoms with E-state index in [1.807, 2.05) is 0 Å². The van der Waals surface area contributed by atoms with E-state index in [1.165, 1.54) is 6.33 Å². The molecule has 2 atom stereocenters. The molecule has 1 saturated heterocycles. The molecule has 2 aromatic heterocycles. The van der Waals surface area contributed by atoms with Gasteiger partial charge in [0, 0.05) is 26.1 Å². The van der Waals surface area contributed by atoms with Crippen molar-refractivity contribution in [3.05, 3.63) is 12.2 Å². The average Bonchev–Trinajstić information content (AvgIpc) is 3.49. The number of aromatic nitrogens is 4. The lowest BCUT2D eigenvalue weighted by molar-refractivity contribution is -0.176. The third-order valence-corrected chi connectivity index (χ3v) is 5.92. The molecule has 2 aliphatic rings. The number of likely N-dealkylation sites (tertiary alicyclic amines) is 1. The van der Waals surface area contributed by atoms with Crippen molar-refractivity contribution in [2.75, 3.05) is 25.4 Å². The standard InChI is InChI=1S/C21H31N7O5/c1-3-23-19(29)20(30)32-12(2)28-11-24-16-17(22)25-15(26-18(16)28)10-13-6-8-27(9-7-13)21(31)33-14-4-5-14/h11-14,20,30H,3-10H2,1-2H3,(H,23,29)(H2,22,25,26)/t12-,20?/m1/s1. The normalized spacial score (nSPS) is 18.8. The Morgan fingerprint density at radius 2 is 2.00 bits per heavy atom. The van der Waals surface area contributed by atoms with E-state index < -0.39 is 18.4 Å². The van der Waals surface area contributed by atoms with Crippen molar-refractivity contribution in [2.24, 2.45) is 5.92 Å². The zero-order chi connectivity index (χ0) is 23.5. The van der Waals surface area contributed by atoms with Crippen LogP contribution in [0.3, 0.4) is 0 Å². The topological polar surface area (TPSA) is 158 Å². The monoisotopic (exact) mass is 461 g/mol. The van der Waals surface area contributed by atoms with E-state index >= 15 is 0 Å². The second kappa shape index (κ2) is 9.87. The Morgan fingerprint density at radius 1 is 1.27 bits per heavy atom. The zero-order valence-electron chi connectivity index (χ0n) is 18.9. The highest BCUT2D eigenvalue weighted by Crippen LogP contribution is 2.27. The van der Waals surface area contributed by atoms with Gasteiger partial charge in [-0.15, -0.1) is 0 Å². The van der Waals surface area contributed by atoms with E-state index in [4.69, 9.17) is 15.2 Å². The number of anilines is 1. The fourth-order valence-electron chi connectivity index (χ4n) is 3.90. The lowest BCUT2D eigenvalue weighted by atomic mass is 9.93. The van der Waals surface area contributed by atoms with Crippen LogP contribution in [-0.4, -0.2) is 73.6 Å². The van der Waals surface area contributed by atoms with Gasteiger partial charge in [0.1, 0.15) is 23.7 Å². The molecule has 1 aliphatic carbocycles. The molecule has 4 N–H and O–H groups in total. The maximum Gasteiger partial charge on any atom is 0.410 e. The molecular weight excluding hydrogens is 430 g/mol. The third-order valence-electron chi connectivity index (χ3n) is 5.92. The van der Waals surface area contributed by atoms with Gasteiger partial charge in [0.2, 0.25) is 6.29 Å². The molecule has 180 valence electrons. The summed E-state index contributed by atoms with van der Waals surface area (Å²) in [6.45, 7) is 5.11. The fraction of sp³-hybridized carbons (Fsp3) is 0.667. The Balaban J connectivity index is 1.40. The Morgan fingerprint density at radius 3 is 2.67 bits per heavy atom. The van der Waals surface area contributed by atoms with Gasteiger partial charge in [0.15, 0.2) is 11.5 Å². The number of carbonyl (C=O) groups excluding carboxylic acids is 2. The summed E-state index contributed by atoms with van der Waals surface area (Å²) in [5, 5.41) is 12.5. The van der Waals surface area contributed by atoms with Crippen LogP contribution in [0.4, 0.5) is 10.6 Å². The summed E-state index contributed by atoms with van der Waals surface area (Å²) >= 11 is 0. The number of amides is 2. The predicted molar refractivity (Wildman–Crippen MR) is 118 cm³/mol. The molecule has 33 heavy (non-hydrogen) atoms. The van der Waals surface area contributed by atoms with Crippen molar-refractivity contribution in [1.82, 2.24) is 29.7 Å². The van der Waals surface area contributed by atoms with Crippen LogP contribution >= 0.6 is 0 Å². The number of carbonyl (C=O) groups is 2.